The van der Waals surface area contributed by atoms with Crippen LogP contribution >= 0.6 is 15.9 Å². The summed E-state index contributed by atoms with van der Waals surface area (Å²) < 4.78 is 1.09. The Hall–Kier alpha value is -0.340. The molecule has 0 bridgehead atoms. The van der Waals surface area contributed by atoms with Crippen LogP contribution in [0.1, 0.15) is 26.3 Å². The SMILES string of the molecule is CC(C)(C)c1ccc([NH3+])c(Br)c1. The average Bonchev–Trinajstić information content (AvgIpc) is 1.92. The Labute approximate surface area is 82.1 Å². The summed E-state index contributed by atoms with van der Waals surface area (Å²) in [4.78, 5) is 0. The lowest BCUT2D eigenvalue weighted by atomic mass is 9.87. The maximum absolute atomic E-state index is 3.90. The molecular formula is C10H15BrN+. The van der Waals surface area contributed by atoms with Crippen molar-refractivity contribution in [2.45, 2.75) is 26.2 Å². The number of rotatable bonds is 0. The number of halogens is 1. The molecule has 0 aliphatic heterocycles. The van der Waals surface area contributed by atoms with E-state index in [1.165, 1.54) is 5.56 Å². The van der Waals surface area contributed by atoms with Crippen LogP contribution in [0.25, 0.3) is 0 Å². The molecule has 0 spiro atoms. The second-order valence-corrected chi connectivity index (χ2v) is 4.91. The van der Waals surface area contributed by atoms with Crippen LogP contribution < -0.4 is 5.73 Å². The van der Waals surface area contributed by atoms with E-state index in [1.54, 1.807) is 0 Å². The molecule has 2 heteroatoms. The summed E-state index contributed by atoms with van der Waals surface area (Å²) in [6, 6.07) is 6.32. The van der Waals surface area contributed by atoms with Gasteiger partial charge in [-0.3, -0.25) is 0 Å². The molecule has 0 fully saturated rings. The molecule has 0 saturated carbocycles. The van der Waals surface area contributed by atoms with E-state index in [-0.39, 0.29) is 5.41 Å². The smallest absolute Gasteiger partial charge is 0.142 e. The first-order valence-corrected chi connectivity index (χ1v) is 4.82. The summed E-state index contributed by atoms with van der Waals surface area (Å²) in [5, 5.41) is 0. The number of hydrogen-bond donors (Lipinski definition) is 1. The van der Waals surface area contributed by atoms with Crippen molar-refractivity contribution in [1.82, 2.24) is 0 Å². The zero-order chi connectivity index (χ0) is 9.35. The Morgan fingerprint density at radius 1 is 1.25 bits per heavy atom. The predicted molar refractivity (Wildman–Crippen MR) is 55.4 cm³/mol. The Morgan fingerprint density at radius 2 is 1.83 bits per heavy atom. The fraction of sp³-hybridized carbons (Fsp3) is 0.400. The maximum Gasteiger partial charge on any atom is 0.142 e. The van der Waals surface area contributed by atoms with E-state index in [2.05, 4.69) is 54.6 Å². The average molecular weight is 229 g/mol. The lowest BCUT2D eigenvalue weighted by Crippen LogP contribution is -2.40. The van der Waals surface area contributed by atoms with Gasteiger partial charge in [-0.15, -0.1) is 0 Å². The van der Waals surface area contributed by atoms with Crippen molar-refractivity contribution in [3.05, 3.63) is 28.2 Å². The van der Waals surface area contributed by atoms with Gasteiger partial charge in [0.2, 0.25) is 0 Å². The van der Waals surface area contributed by atoms with Gasteiger partial charge in [-0.1, -0.05) is 26.8 Å². The molecular weight excluding hydrogens is 214 g/mol. The molecule has 1 aromatic carbocycles. The fourth-order valence-corrected chi connectivity index (χ4v) is 1.39. The number of quaternary nitrogens is 1. The van der Waals surface area contributed by atoms with Gasteiger partial charge in [0, 0.05) is 6.07 Å². The summed E-state index contributed by atoms with van der Waals surface area (Å²) in [6.07, 6.45) is 0. The molecule has 12 heavy (non-hydrogen) atoms. The molecule has 0 atom stereocenters. The summed E-state index contributed by atoms with van der Waals surface area (Å²) in [5.41, 5.74) is 6.49. The molecule has 0 heterocycles. The van der Waals surface area contributed by atoms with Gasteiger partial charge >= 0.3 is 0 Å². The van der Waals surface area contributed by atoms with Gasteiger partial charge in [0.25, 0.3) is 0 Å². The van der Waals surface area contributed by atoms with Gasteiger partial charge in [0.1, 0.15) is 5.69 Å². The first-order chi connectivity index (χ1) is 5.41. The third kappa shape index (κ3) is 2.08. The second kappa shape index (κ2) is 3.19. The monoisotopic (exact) mass is 228 g/mol. The highest BCUT2D eigenvalue weighted by Gasteiger charge is 2.14. The molecule has 0 aliphatic rings. The van der Waals surface area contributed by atoms with Crippen LogP contribution in [0, 0.1) is 0 Å². The summed E-state index contributed by atoms with van der Waals surface area (Å²) >= 11 is 3.48. The highest BCUT2D eigenvalue weighted by Crippen LogP contribution is 2.27. The normalized spacial score (nSPS) is 11.8. The third-order valence-electron chi connectivity index (χ3n) is 1.92. The molecule has 1 nitrogen and oxygen atoms in total. The first-order valence-electron chi connectivity index (χ1n) is 4.03. The molecule has 3 N–H and O–H groups in total. The minimum Gasteiger partial charge on any atom is -0.324 e. The van der Waals surface area contributed by atoms with Gasteiger partial charge in [-0.25, -0.2) is 0 Å². The van der Waals surface area contributed by atoms with Crippen LogP contribution in [-0.4, -0.2) is 0 Å². The lowest BCUT2D eigenvalue weighted by Gasteiger charge is -2.18. The van der Waals surface area contributed by atoms with Crippen molar-refractivity contribution in [1.29, 1.82) is 0 Å². The van der Waals surface area contributed by atoms with E-state index in [0.29, 0.717) is 0 Å². The van der Waals surface area contributed by atoms with Crippen LogP contribution in [-0.2, 0) is 5.41 Å². The Morgan fingerprint density at radius 3 is 2.25 bits per heavy atom. The fourth-order valence-electron chi connectivity index (χ4n) is 1.01. The van der Waals surface area contributed by atoms with Crippen LogP contribution in [0.4, 0.5) is 5.69 Å². The van der Waals surface area contributed by atoms with Gasteiger partial charge in [-0.2, -0.15) is 0 Å². The van der Waals surface area contributed by atoms with Gasteiger partial charge < -0.3 is 5.73 Å². The predicted octanol–water partition coefficient (Wildman–Crippen LogP) is 2.62. The molecule has 1 aromatic rings. The van der Waals surface area contributed by atoms with E-state index in [4.69, 9.17) is 0 Å². The van der Waals surface area contributed by atoms with E-state index in [1.807, 2.05) is 6.07 Å². The van der Waals surface area contributed by atoms with Crippen molar-refractivity contribution in [2.24, 2.45) is 0 Å². The molecule has 0 saturated heterocycles. The number of benzene rings is 1. The van der Waals surface area contributed by atoms with Gasteiger partial charge in [0.05, 0.1) is 4.47 Å². The third-order valence-corrected chi connectivity index (χ3v) is 2.66. The van der Waals surface area contributed by atoms with E-state index >= 15 is 0 Å². The van der Waals surface area contributed by atoms with Crippen molar-refractivity contribution in [3.8, 4) is 0 Å². The molecule has 0 unspecified atom stereocenters. The summed E-state index contributed by atoms with van der Waals surface area (Å²) in [7, 11) is 0. The Kier molecular flexibility index (Phi) is 2.59. The maximum atomic E-state index is 3.90. The zero-order valence-corrected chi connectivity index (χ0v) is 9.40. The zero-order valence-electron chi connectivity index (χ0n) is 7.82. The van der Waals surface area contributed by atoms with Crippen molar-refractivity contribution in [3.63, 3.8) is 0 Å². The van der Waals surface area contributed by atoms with Gasteiger partial charge in [-0.05, 0) is 33.0 Å². The van der Waals surface area contributed by atoms with Crippen LogP contribution in [0.2, 0.25) is 0 Å². The molecule has 1 rings (SSSR count). The standard InChI is InChI=1S/C10H14BrN/c1-10(2,3)7-4-5-9(12)8(11)6-7/h4-6H,12H2,1-3H3/p+1. The lowest BCUT2D eigenvalue weighted by molar-refractivity contribution is -0.255. The number of hydrogen-bond acceptors (Lipinski definition) is 0. The van der Waals surface area contributed by atoms with Crippen LogP contribution in [0.5, 0.6) is 0 Å². The summed E-state index contributed by atoms with van der Waals surface area (Å²) in [5.74, 6) is 0. The Bertz CT molecular complexity index is 286. The van der Waals surface area contributed by atoms with E-state index in [9.17, 15) is 0 Å². The molecule has 0 amide bonds. The van der Waals surface area contributed by atoms with Gasteiger partial charge in [0.15, 0.2) is 0 Å². The highest BCUT2D eigenvalue weighted by atomic mass is 79.9. The van der Waals surface area contributed by atoms with Crippen molar-refractivity contribution < 1.29 is 5.73 Å². The minimum atomic E-state index is 0.218. The molecule has 0 aromatic heterocycles. The van der Waals surface area contributed by atoms with Crippen LogP contribution in [0.3, 0.4) is 0 Å². The summed E-state index contributed by atoms with van der Waals surface area (Å²) in [6.45, 7) is 6.62. The van der Waals surface area contributed by atoms with Crippen molar-refractivity contribution in [2.75, 3.05) is 0 Å². The highest BCUT2D eigenvalue weighted by molar-refractivity contribution is 9.10. The quantitative estimate of drug-likeness (QED) is 0.708. The first kappa shape index (κ1) is 9.75. The van der Waals surface area contributed by atoms with E-state index in [0.717, 1.165) is 10.2 Å². The van der Waals surface area contributed by atoms with E-state index < -0.39 is 0 Å². The molecule has 0 aliphatic carbocycles. The van der Waals surface area contributed by atoms with Crippen LogP contribution in [0.15, 0.2) is 22.7 Å². The second-order valence-electron chi connectivity index (χ2n) is 4.06. The molecule has 66 valence electrons. The Balaban J connectivity index is 3.14. The largest absolute Gasteiger partial charge is 0.324 e. The minimum absolute atomic E-state index is 0.218. The topological polar surface area (TPSA) is 27.6 Å². The molecule has 0 radical (unpaired) electrons. The van der Waals surface area contributed by atoms with Crippen molar-refractivity contribution >= 4 is 21.6 Å².